The van der Waals surface area contributed by atoms with E-state index in [0.717, 1.165) is 41.7 Å². The Balaban J connectivity index is 1.27. The summed E-state index contributed by atoms with van der Waals surface area (Å²) in [5.41, 5.74) is 3.90. The number of carbonyl (C=O) groups is 1. The van der Waals surface area contributed by atoms with Gasteiger partial charge in [-0.1, -0.05) is 12.1 Å². The van der Waals surface area contributed by atoms with E-state index >= 15 is 0 Å². The number of benzene rings is 1. The van der Waals surface area contributed by atoms with Crippen molar-refractivity contribution in [3.05, 3.63) is 106 Å². The lowest BCUT2D eigenvalue weighted by molar-refractivity contribution is 0.112. The van der Waals surface area contributed by atoms with E-state index in [2.05, 4.69) is 14.9 Å². The molecule has 1 fully saturated rings. The Labute approximate surface area is 193 Å². The van der Waals surface area contributed by atoms with Crippen LogP contribution < -0.4 is 10.5 Å². The van der Waals surface area contributed by atoms with Crippen molar-refractivity contribution in [1.29, 1.82) is 0 Å². The minimum Gasteiger partial charge on any atom is -0.368 e. The monoisotopic (exact) mass is 453 g/mol. The van der Waals surface area contributed by atoms with Gasteiger partial charge in [0.15, 0.2) is 6.29 Å². The van der Waals surface area contributed by atoms with Gasteiger partial charge in [0.2, 0.25) is 0 Å². The van der Waals surface area contributed by atoms with Crippen LogP contribution in [0.15, 0.2) is 78.2 Å². The standard InChI is InChI=1S/C26H20FN5O2/c27-20-4-2-18(3-5-20)19-12-31(13-19)24-10-28-9-23-22(24)7-8-30(26(23)34)14-21-15-32-11-17(16-33)1-6-25(32)29-21/h1-11,15-16,19H,12-14H2. The van der Waals surface area contributed by atoms with Gasteiger partial charge in [0.25, 0.3) is 5.56 Å². The number of imidazole rings is 1. The fraction of sp³-hybridized carbons (Fsp3) is 0.154. The molecular weight excluding hydrogens is 433 g/mol. The third kappa shape index (κ3) is 3.44. The molecule has 0 radical (unpaired) electrons. The molecule has 0 spiro atoms. The molecule has 1 aromatic carbocycles. The highest BCUT2D eigenvalue weighted by atomic mass is 19.1. The molecule has 0 atom stereocenters. The first kappa shape index (κ1) is 20.3. The summed E-state index contributed by atoms with van der Waals surface area (Å²) in [6.07, 6.45) is 9.51. The first-order valence-electron chi connectivity index (χ1n) is 11.0. The van der Waals surface area contributed by atoms with Crippen LogP contribution in [0, 0.1) is 5.82 Å². The molecule has 0 bridgehead atoms. The second kappa shape index (κ2) is 7.91. The molecule has 168 valence electrons. The summed E-state index contributed by atoms with van der Waals surface area (Å²) in [6.45, 7) is 1.90. The molecule has 34 heavy (non-hydrogen) atoms. The van der Waals surface area contributed by atoms with E-state index in [0.29, 0.717) is 29.1 Å². The molecule has 0 N–H and O–H groups in total. The maximum atomic E-state index is 13.2. The van der Waals surface area contributed by atoms with Gasteiger partial charge >= 0.3 is 0 Å². The van der Waals surface area contributed by atoms with Gasteiger partial charge < -0.3 is 13.9 Å². The number of hydrogen-bond donors (Lipinski definition) is 0. The lowest BCUT2D eigenvalue weighted by atomic mass is 9.90. The maximum Gasteiger partial charge on any atom is 0.260 e. The smallest absolute Gasteiger partial charge is 0.260 e. The zero-order valence-electron chi connectivity index (χ0n) is 18.1. The van der Waals surface area contributed by atoms with Crippen molar-refractivity contribution in [3.8, 4) is 0 Å². The topological polar surface area (TPSA) is 72.5 Å². The van der Waals surface area contributed by atoms with Gasteiger partial charge in [0.1, 0.15) is 11.5 Å². The van der Waals surface area contributed by atoms with Crippen molar-refractivity contribution in [1.82, 2.24) is 18.9 Å². The molecule has 1 aliphatic heterocycles. The number of pyridine rings is 3. The van der Waals surface area contributed by atoms with Crippen LogP contribution in [-0.4, -0.2) is 38.3 Å². The van der Waals surface area contributed by atoms with E-state index in [-0.39, 0.29) is 11.4 Å². The summed E-state index contributed by atoms with van der Waals surface area (Å²) in [4.78, 5) is 35.3. The van der Waals surface area contributed by atoms with Gasteiger partial charge in [-0.25, -0.2) is 9.37 Å². The molecule has 5 aromatic rings. The summed E-state index contributed by atoms with van der Waals surface area (Å²) in [6, 6.07) is 12.1. The van der Waals surface area contributed by atoms with Gasteiger partial charge in [-0.3, -0.25) is 14.6 Å². The molecule has 0 aliphatic carbocycles. The molecule has 8 heteroatoms. The average molecular weight is 453 g/mol. The second-order valence-electron chi connectivity index (χ2n) is 8.60. The average Bonchev–Trinajstić information content (AvgIpc) is 3.23. The molecule has 0 saturated carbocycles. The number of aldehydes is 1. The lowest BCUT2D eigenvalue weighted by Crippen LogP contribution is -2.45. The number of fused-ring (bicyclic) bond motifs is 2. The maximum absolute atomic E-state index is 13.2. The SMILES string of the molecule is O=Cc1ccc2nc(Cn3ccc4c(N5CC(c6ccc(F)cc6)C5)cncc4c3=O)cn2c1. The van der Waals surface area contributed by atoms with E-state index in [4.69, 9.17) is 0 Å². The Morgan fingerprint density at radius 3 is 2.62 bits per heavy atom. The number of aromatic nitrogens is 4. The highest BCUT2D eigenvalue weighted by molar-refractivity contribution is 5.93. The van der Waals surface area contributed by atoms with E-state index in [9.17, 15) is 14.0 Å². The normalized spacial score (nSPS) is 14.0. The number of anilines is 1. The van der Waals surface area contributed by atoms with E-state index in [1.165, 1.54) is 12.1 Å². The zero-order chi connectivity index (χ0) is 23.2. The molecular formula is C26H20FN5O2. The summed E-state index contributed by atoms with van der Waals surface area (Å²) >= 11 is 0. The molecule has 0 amide bonds. The second-order valence-corrected chi connectivity index (χ2v) is 8.60. The summed E-state index contributed by atoms with van der Waals surface area (Å²) < 4.78 is 16.6. The van der Waals surface area contributed by atoms with Crippen molar-refractivity contribution in [3.63, 3.8) is 0 Å². The Kier molecular flexibility index (Phi) is 4.72. The molecule has 1 aliphatic rings. The summed E-state index contributed by atoms with van der Waals surface area (Å²) in [5.74, 6) is 0.0924. The third-order valence-electron chi connectivity index (χ3n) is 6.43. The van der Waals surface area contributed by atoms with Crippen molar-refractivity contribution in [2.45, 2.75) is 12.5 Å². The number of hydrogen-bond acceptors (Lipinski definition) is 5. The Hall–Kier alpha value is -4.33. The Morgan fingerprint density at radius 2 is 1.82 bits per heavy atom. The highest BCUT2D eigenvalue weighted by Crippen LogP contribution is 2.34. The minimum atomic E-state index is -0.233. The van der Waals surface area contributed by atoms with Crippen molar-refractivity contribution >= 4 is 28.4 Å². The summed E-state index contributed by atoms with van der Waals surface area (Å²) in [5, 5.41) is 1.41. The predicted octanol–water partition coefficient (Wildman–Crippen LogP) is 3.65. The number of nitrogens with zero attached hydrogens (tertiary/aromatic N) is 5. The van der Waals surface area contributed by atoms with Gasteiger partial charge in [-0.15, -0.1) is 0 Å². The summed E-state index contributed by atoms with van der Waals surface area (Å²) in [7, 11) is 0. The number of carbonyl (C=O) groups excluding carboxylic acids is 1. The zero-order valence-corrected chi connectivity index (χ0v) is 18.1. The fourth-order valence-electron chi connectivity index (χ4n) is 4.57. The lowest BCUT2D eigenvalue weighted by Gasteiger charge is -2.41. The van der Waals surface area contributed by atoms with E-state index < -0.39 is 0 Å². The van der Waals surface area contributed by atoms with Crippen LogP contribution in [0.25, 0.3) is 16.4 Å². The van der Waals surface area contributed by atoms with Gasteiger partial charge in [0, 0.05) is 54.7 Å². The minimum absolute atomic E-state index is 0.131. The molecule has 7 nitrogen and oxygen atoms in total. The molecule has 0 unspecified atom stereocenters. The van der Waals surface area contributed by atoms with Crippen LogP contribution in [0.2, 0.25) is 0 Å². The first-order chi connectivity index (χ1) is 16.6. The van der Waals surface area contributed by atoms with Crippen LogP contribution in [0.3, 0.4) is 0 Å². The van der Waals surface area contributed by atoms with Crippen molar-refractivity contribution < 1.29 is 9.18 Å². The highest BCUT2D eigenvalue weighted by Gasteiger charge is 2.29. The first-order valence-corrected chi connectivity index (χ1v) is 11.0. The molecule has 1 saturated heterocycles. The largest absolute Gasteiger partial charge is 0.368 e. The molecule has 4 aromatic heterocycles. The van der Waals surface area contributed by atoms with Crippen LogP contribution in [0.1, 0.15) is 27.5 Å². The van der Waals surface area contributed by atoms with Crippen LogP contribution in [-0.2, 0) is 6.54 Å². The molecule has 5 heterocycles. The number of halogens is 1. The quantitative estimate of drug-likeness (QED) is 0.380. The van der Waals surface area contributed by atoms with Gasteiger partial charge in [-0.05, 0) is 35.9 Å². The number of rotatable bonds is 5. The third-order valence-corrected chi connectivity index (χ3v) is 6.43. The van der Waals surface area contributed by atoms with E-state index in [1.807, 2.05) is 24.4 Å². The van der Waals surface area contributed by atoms with Gasteiger partial charge in [0.05, 0.1) is 29.5 Å². The van der Waals surface area contributed by atoms with Crippen LogP contribution in [0.5, 0.6) is 0 Å². The van der Waals surface area contributed by atoms with Crippen molar-refractivity contribution in [2.24, 2.45) is 0 Å². The molecule has 6 rings (SSSR count). The van der Waals surface area contributed by atoms with Crippen molar-refractivity contribution in [2.75, 3.05) is 18.0 Å². The van der Waals surface area contributed by atoms with Gasteiger partial charge in [-0.2, -0.15) is 0 Å². The van der Waals surface area contributed by atoms with E-state index in [1.54, 1.807) is 45.9 Å². The Morgan fingerprint density at radius 1 is 1.00 bits per heavy atom. The predicted molar refractivity (Wildman–Crippen MR) is 127 cm³/mol. The van der Waals surface area contributed by atoms with Crippen LogP contribution >= 0.6 is 0 Å². The Bertz CT molecular complexity index is 1600. The van der Waals surface area contributed by atoms with Crippen LogP contribution in [0.4, 0.5) is 10.1 Å². The fourth-order valence-corrected chi connectivity index (χ4v) is 4.57.